The predicted molar refractivity (Wildman–Crippen MR) is 58.5 cm³/mol. The maximum Gasteiger partial charge on any atom is 0.248 e. The number of hydrogen-bond donors (Lipinski definition) is 0. The van der Waals surface area contributed by atoms with Crippen molar-refractivity contribution in [2.75, 3.05) is 13.7 Å². The van der Waals surface area contributed by atoms with E-state index < -0.39 is 0 Å². The van der Waals surface area contributed by atoms with E-state index in [1.54, 1.807) is 29.9 Å². The molecule has 0 bridgehead atoms. The topological polar surface area (TPSA) is 47.2 Å². The van der Waals surface area contributed by atoms with Crippen molar-refractivity contribution in [3.63, 3.8) is 0 Å². The molecule has 0 saturated carbocycles. The smallest absolute Gasteiger partial charge is 0.248 e. The zero-order valence-corrected chi connectivity index (χ0v) is 9.82. The molecular weight excluding hydrogens is 206 g/mol. The standard InChI is InChI=1S/C12H16NO3/c1-9(14)11-5-4-6-12(10(2)15)13(11)7-8-16-3/h4-6H,7-8H2,1-3H3/q+1. The van der Waals surface area contributed by atoms with Crippen LogP contribution in [0.1, 0.15) is 34.8 Å². The van der Waals surface area contributed by atoms with E-state index in [1.165, 1.54) is 13.8 Å². The molecule has 0 radical (unpaired) electrons. The van der Waals surface area contributed by atoms with Gasteiger partial charge in [-0.05, 0) is 6.07 Å². The third kappa shape index (κ3) is 2.73. The maximum absolute atomic E-state index is 11.4. The van der Waals surface area contributed by atoms with Crippen LogP contribution in [0.5, 0.6) is 0 Å². The number of Topliss-reactive ketones (excluding diaryl/α,β-unsaturated/α-hetero) is 2. The van der Waals surface area contributed by atoms with Crippen molar-refractivity contribution >= 4 is 11.6 Å². The van der Waals surface area contributed by atoms with E-state index in [0.29, 0.717) is 24.5 Å². The lowest BCUT2D eigenvalue weighted by Gasteiger charge is -2.04. The summed E-state index contributed by atoms with van der Waals surface area (Å²) < 4.78 is 6.67. The van der Waals surface area contributed by atoms with Crippen molar-refractivity contribution in [3.05, 3.63) is 29.6 Å². The molecule has 4 nitrogen and oxygen atoms in total. The fourth-order valence-electron chi connectivity index (χ4n) is 1.58. The number of nitrogens with zero attached hydrogens (tertiary/aromatic N) is 1. The molecule has 86 valence electrons. The van der Waals surface area contributed by atoms with Gasteiger partial charge in [-0.2, -0.15) is 4.57 Å². The molecule has 4 heteroatoms. The van der Waals surface area contributed by atoms with Crippen LogP contribution < -0.4 is 4.57 Å². The lowest BCUT2D eigenvalue weighted by molar-refractivity contribution is -0.701. The van der Waals surface area contributed by atoms with Crippen LogP contribution in [0.25, 0.3) is 0 Å². The number of rotatable bonds is 5. The van der Waals surface area contributed by atoms with E-state index in [2.05, 4.69) is 0 Å². The number of carbonyl (C=O) groups excluding carboxylic acids is 2. The summed E-state index contributed by atoms with van der Waals surface area (Å²) in [5.41, 5.74) is 1.06. The molecule has 0 fully saturated rings. The average molecular weight is 222 g/mol. The van der Waals surface area contributed by atoms with E-state index in [0.717, 1.165) is 0 Å². The van der Waals surface area contributed by atoms with E-state index in [1.807, 2.05) is 0 Å². The highest BCUT2D eigenvalue weighted by Crippen LogP contribution is 2.00. The number of ketones is 2. The SMILES string of the molecule is COCC[n+]1c(C(C)=O)cccc1C(C)=O. The monoisotopic (exact) mass is 222 g/mol. The van der Waals surface area contributed by atoms with Gasteiger partial charge in [0.1, 0.15) is 6.61 Å². The zero-order valence-electron chi connectivity index (χ0n) is 9.82. The van der Waals surface area contributed by atoms with Crippen LogP contribution in [0.15, 0.2) is 18.2 Å². The van der Waals surface area contributed by atoms with Crippen molar-refractivity contribution < 1.29 is 18.9 Å². The van der Waals surface area contributed by atoms with Crippen LogP contribution in [0.2, 0.25) is 0 Å². The van der Waals surface area contributed by atoms with Gasteiger partial charge in [-0.3, -0.25) is 9.59 Å². The van der Waals surface area contributed by atoms with Gasteiger partial charge in [0.2, 0.25) is 23.0 Å². The second-order valence-electron chi connectivity index (χ2n) is 3.55. The van der Waals surface area contributed by atoms with Crippen LogP contribution in [-0.4, -0.2) is 25.3 Å². The molecule has 0 atom stereocenters. The van der Waals surface area contributed by atoms with Crippen molar-refractivity contribution in [3.8, 4) is 0 Å². The van der Waals surface area contributed by atoms with E-state index in [4.69, 9.17) is 4.74 Å². The minimum atomic E-state index is -0.0563. The van der Waals surface area contributed by atoms with Gasteiger partial charge in [0.05, 0.1) is 0 Å². The quantitative estimate of drug-likeness (QED) is 0.552. The molecule has 1 rings (SSSR count). The third-order valence-electron chi connectivity index (χ3n) is 2.33. The Morgan fingerprint density at radius 2 is 1.69 bits per heavy atom. The Morgan fingerprint density at radius 1 is 1.19 bits per heavy atom. The second kappa shape index (κ2) is 5.51. The number of methoxy groups -OCH3 is 1. The van der Waals surface area contributed by atoms with Crippen molar-refractivity contribution in [2.24, 2.45) is 0 Å². The summed E-state index contributed by atoms with van der Waals surface area (Å²) in [7, 11) is 1.59. The van der Waals surface area contributed by atoms with Crippen molar-refractivity contribution in [1.29, 1.82) is 0 Å². The Labute approximate surface area is 94.9 Å². The summed E-state index contributed by atoms with van der Waals surface area (Å²) in [6.45, 7) is 3.95. The molecule has 1 aromatic rings. The highest BCUT2D eigenvalue weighted by molar-refractivity contribution is 5.93. The van der Waals surface area contributed by atoms with Crippen molar-refractivity contribution in [1.82, 2.24) is 0 Å². The molecule has 0 N–H and O–H groups in total. The van der Waals surface area contributed by atoms with E-state index >= 15 is 0 Å². The maximum atomic E-state index is 11.4. The van der Waals surface area contributed by atoms with Gasteiger partial charge in [0.25, 0.3) is 0 Å². The molecule has 0 amide bonds. The van der Waals surface area contributed by atoms with Crippen molar-refractivity contribution in [2.45, 2.75) is 20.4 Å². The molecular formula is C12H16NO3+. The number of ether oxygens (including phenoxy) is 1. The molecule has 0 aliphatic carbocycles. The highest BCUT2D eigenvalue weighted by Gasteiger charge is 2.22. The second-order valence-corrected chi connectivity index (χ2v) is 3.55. The molecule has 0 saturated heterocycles. The molecule has 0 unspecified atom stereocenters. The fraction of sp³-hybridized carbons (Fsp3) is 0.417. The molecule has 0 aliphatic rings. The van der Waals surface area contributed by atoms with Crippen LogP contribution >= 0.6 is 0 Å². The zero-order chi connectivity index (χ0) is 12.1. The minimum absolute atomic E-state index is 0.0563. The predicted octanol–water partition coefficient (Wildman–Crippen LogP) is 1.03. The van der Waals surface area contributed by atoms with Gasteiger partial charge in [0, 0.05) is 33.1 Å². The fourth-order valence-corrected chi connectivity index (χ4v) is 1.58. The number of aromatic nitrogens is 1. The van der Waals surface area contributed by atoms with Crippen LogP contribution in [-0.2, 0) is 11.3 Å². The first-order valence-corrected chi connectivity index (χ1v) is 5.11. The first kappa shape index (κ1) is 12.5. The first-order chi connectivity index (χ1) is 7.57. The van der Waals surface area contributed by atoms with Gasteiger partial charge in [0.15, 0.2) is 6.54 Å². The highest BCUT2D eigenvalue weighted by atomic mass is 16.5. The summed E-state index contributed by atoms with van der Waals surface area (Å²) in [4.78, 5) is 22.9. The molecule has 0 spiro atoms. The summed E-state index contributed by atoms with van der Waals surface area (Å²) >= 11 is 0. The summed E-state index contributed by atoms with van der Waals surface area (Å²) in [5.74, 6) is -0.113. The Bertz CT molecular complexity index is 380. The molecule has 0 aromatic carbocycles. The molecule has 1 aromatic heterocycles. The Balaban J connectivity index is 3.23. The Kier molecular flexibility index (Phi) is 4.31. The molecule has 0 aliphatic heterocycles. The number of pyridine rings is 1. The number of hydrogen-bond acceptors (Lipinski definition) is 3. The van der Waals surface area contributed by atoms with Gasteiger partial charge in [-0.25, -0.2) is 0 Å². The lowest BCUT2D eigenvalue weighted by Crippen LogP contribution is -2.46. The lowest BCUT2D eigenvalue weighted by atomic mass is 10.2. The minimum Gasteiger partial charge on any atom is -0.378 e. The first-order valence-electron chi connectivity index (χ1n) is 5.11. The van der Waals surface area contributed by atoms with Crippen LogP contribution in [0.4, 0.5) is 0 Å². The average Bonchev–Trinajstić information content (AvgIpc) is 2.25. The summed E-state index contributed by atoms with van der Waals surface area (Å²) in [5, 5.41) is 0. The third-order valence-corrected chi connectivity index (χ3v) is 2.33. The van der Waals surface area contributed by atoms with Crippen LogP contribution in [0, 0.1) is 0 Å². The van der Waals surface area contributed by atoms with Gasteiger partial charge in [-0.1, -0.05) is 0 Å². The van der Waals surface area contributed by atoms with E-state index in [-0.39, 0.29) is 11.6 Å². The van der Waals surface area contributed by atoms with Crippen LogP contribution in [0.3, 0.4) is 0 Å². The normalized spacial score (nSPS) is 10.2. The largest absolute Gasteiger partial charge is 0.378 e. The van der Waals surface area contributed by atoms with Gasteiger partial charge in [-0.15, -0.1) is 0 Å². The number of carbonyl (C=O) groups is 2. The molecule has 16 heavy (non-hydrogen) atoms. The summed E-state index contributed by atoms with van der Waals surface area (Å²) in [6.07, 6.45) is 0. The Hall–Kier alpha value is -1.55. The molecule has 1 heterocycles. The summed E-state index contributed by atoms with van der Waals surface area (Å²) in [6, 6.07) is 5.14. The van der Waals surface area contributed by atoms with E-state index in [9.17, 15) is 9.59 Å². The van der Waals surface area contributed by atoms with Gasteiger partial charge >= 0.3 is 0 Å². The van der Waals surface area contributed by atoms with Gasteiger partial charge < -0.3 is 4.74 Å². The Morgan fingerprint density at radius 3 is 2.06 bits per heavy atom.